The highest BCUT2D eigenvalue weighted by atomic mass is 32.2. The molecule has 0 saturated heterocycles. The molecule has 0 fully saturated rings. The third-order valence-electron chi connectivity index (χ3n) is 4.60. The summed E-state index contributed by atoms with van der Waals surface area (Å²) >= 11 is 0. The number of nitrogens with one attached hydrogen (secondary N) is 1. The van der Waals surface area contributed by atoms with Crippen LogP contribution in [0.3, 0.4) is 0 Å². The molecular weight excluding hydrogens is 390 g/mol. The highest BCUT2D eigenvalue weighted by Crippen LogP contribution is 2.19. The largest absolute Gasteiger partial charge is 0.457 e. The predicted octanol–water partition coefficient (Wildman–Crippen LogP) is 3.24. The molecule has 0 radical (unpaired) electrons. The molecule has 0 saturated carbocycles. The van der Waals surface area contributed by atoms with Gasteiger partial charge in [-0.25, -0.2) is 17.9 Å². The lowest BCUT2D eigenvalue weighted by Crippen LogP contribution is -2.32. The second-order valence-electron chi connectivity index (χ2n) is 6.67. The molecule has 1 N–H and O–H groups in total. The summed E-state index contributed by atoms with van der Waals surface area (Å²) in [6, 6.07) is 13.0. The fourth-order valence-electron chi connectivity index (χ4n) is 2.83. The molecule has 0 aliphatic heterocycles. The van der Waals surface area contributed by atoms with Crippen LogP contribution in [0.2, 0.25) is 0 Å². The van der Waals surface area contributed by atoms with Gasteiger partial charge in [0.1, 0.15) is 12.7 Å². The molecular formula is C21H21N3O4S. The molecule has 0 amide bonds. The minimum absolute atomic E-state index is 0.0565. The Morgan fingerprint density at radius 2 is 1.97 bits per heavy atom. The molecule has 0 unspecified atom stereocenters. The van der Waals surface area contributed by atoms with Gasteiger partial charge in [0.15, 0.2) is 0 Å². The second kappa shape index (κ2) is 8.47. The van der Waals surface area contributed by atoms with Crippen LogP contribution in [0.4, 0.5) is 0 Å². The van der Waals surface area contributed by atoms with Gasteiger partial charge in [-0.05, 0) is 49.7 Å². The maximum Gasteiger partial charge on any atom is 0.338 e. The monoisotopic (exact) mass is 411 g/mol. The van der Waals surface area contributed by atoms with Crippen LogP contribution in [0.25, 0.3) is 5.52 Å². The van der Waals surface area contributed by atoms with E-state index >= 15 is 0 Å². The number of sulfonamides is 1. The van der Waals surface area contributed by atoms with E-state index in [9.17, 15) is 18.5 Å². The van der Waals surface area contributed by atoms with E-state index in [0.717, 1.165) is 5.52 Å². The van der Waals surface area contributed by atoms with Crippen molar-refractivity contribution >= 4 is 21.5 Å². The zero-order chi connectivity index (χ0) is 21.0. The Hall–Kier alpha value is -3.15. The van der Waals surface area contributed by atoms with Gasteiger partial charge < -0.3 is 9.14 Å². The summed E-state index contributed by atoms with van der Waals surface area (Å²) in [6.07, 6.45) is 4.23. The summed E-state index contributed by atoms with van der Waals surface area (Å²) < 4.78 is 34.3. The Balaban J connectivity index is 1.71. The number of nitriles is 1. The van der Waals surface area contributed by atoms with Gasteiger partial charge in [-0.3, -0.25) is 0 Å². The van der Waals surface area contributed by atoms with Gasteiger partial charge in [0, 0.05) is 24.0 Å². The van der Waals surface area contributed by atoms with Gasteiger partial charge >= 0.3 is 5.97 Å². The standard InChI is InChI=1S/C21H21N3O4S/c1-3-15(2)23-29(26,27)18-9-7-16(8-10-18)21(25)28-14-17-13-24-11-5-4-6-20(24)19(17)12-22/h4-11,13,15,23H,3,14H2,1-2H3/t15-/m1/s1. The Morgan fingerprint density at radius 1 is 1.24 bits per heavy atom. The van der Waals surface area contributed by atoms with E-state index in [1.54, 1.807) is 17.5 Å². The zero-order valence-electron chi connectivity index (χ0n) is 16.1. The smallest absolute Gasteiger partial charge is 0.338 e. The Morgan fingerprint density at radius 3 is 2.62 bits per heavy atom. The lowest BCUT2D eigenvalue weighted by molar-refractivity contribution is 0.0472. The van der Waals surface area contributed by atoms with Crippen LogP contribution in [0, 0.1) is 11.3 Å². The first-order valence-corrected chi connectivity index (χ1v) is 10.6. The van der Waals surface area contributed by atoms with Crippen molar-refractivity contribution in [3.63, 3.8) is 0 Å². The topological polar surface area (TPSA) is 101 Å². The number of hydrogen-bond donors (Lipinski definition) is 1. The Bertz CT molecular complexity index is 1170. The molecule has 150 valence electrons. The van der Waals surface area contributed by atoms with E-state index in [-0.39, 0.29) is 23.1 Å². The fourth-order valence-corrected chi connectivity index (χ4v) is 4.16. The first-order valence-electron chi connectivity index (χ1n) is 9.14. The summed E-state index contributed by atoms with van der Waals surface area (Å²) in [5, 5.41) is 9.41. The summed E-state index contributed by atoms with van der Waals surface area (Å²) in [6.45, 7) is 3.61. The van der Waals surface area contributed by atoms with Gasteiger partial charge in [0.05, 0.1) is 21.5 Å². The molecule has 1 aromatic carbocycles. The van der Waals surface area contributed by atoms with E-state index in [2.05, 4.69) is 10.8 Å². The molecule has 2 aromatic heterocycles. The highest BCUT2D eigenvalue weighted by Gasteiger charge is 2.18. The molecule has 0 aliphatic rings. The highest BCUT2D eigenvalue weighted by molar-refractivity contribution is 7.89. The van der Waals surface area contributed by atoms with E-state index < -0.39 is 16.0 Å². The average molecular weight is 411 g/mol. The normalized spacial score (nSPS) is 12.4. The van der Waals surface area contributed by atoms with Crippen LogP contribution in [-0.2, 0) is 21.4 Å². The summed E-state index contributed by atoms with van der Waals surface area (Å²) in [5.74, 6) is -0.594. The maximum atomic E-state index is 12.3. The Labute approximate surface area is 169 Å². The maximum absolute atomic E-state index is 12.3. The predicted molar refractivity (Wildman–Crippen MR) is 108 cm³/mol. The quantitative estimate of drug-likeness (QED) is 0.602. The molecule has 1 atom stereocenters. The van der Waals surface area contributed by atoms with Crippen LogP contribution in [0.15, 0.2) is 59.8 Å². The van der Waals surface area contributed by atoms with Crippen molar-refractivity contribution < 1.29 is 17.9 Å². The van der Waals surface area contributed by atoms with E-state index in [4.69, 9.17) is 4.74 Å². The molecule has 0 bridgehead atoms. The number of benzene rings is 1. The fraction of sp³-hybridized carbons (Fsp3) is 0.238. The van der Waals surface area contributed by atoms with Crippen LogP contribution < -0.4 is 4.72 Å². The van der Waals surface area contributed by atoms with Crippen molar-refractivity contribution in [3.05, 3.63) is 71.5 Å². The third-order valence-corrected chi connectivity index (χ3v) is 6.21. The van der Waals surface area contributed by atoms with Gasteiger partial charge in [0.25, 0.3) is 0 Å². The van der Waals surface area contributed by atoms with Crippen molar-refractivity contribution in [1.29, 1.82) is 5.26 Å². The van der Waals surface area contributed by atoms with E-state index in [0.29, 0.717) is 17.5 Å². The second-order valence-corrected chi connectivity index (χ2v) is 8.38. The molecule has 3 aromatic rings. The SMILES string of the molecule is CC[C@@H](C)NS(=O)(=O)c1ccc(C(=O)OCc2cn3ccccc3c2C#N)cc1. The number of hydrogen-bond acceptors (Lipinski definition) is 5. The number of pyridine rings is 1. The molecule has 3 rings (SSSR count). The summed E-state index contributed by atoms with van der Waals surface area (Å²) in [4.78, 5) is 12.4. The molecule has 0 aliphatic carbocycles. The minimum Gasteiger partial charge on any atom is -0.457 e. The van der Waals surface area contributed by atoms with Gasteiger partial charge in [0.2, 0.25) is 10.0 Å². The number of rotatable bonds is 7. The summed E-state index contributed by atoms with van der Waals surface area (Å²) in [7, 11) is -3.63. The molecule has 2 heterocycles. The van der Waals surface area contributed by atoms with Crippen molar-refractivity contribution in [2.45, 2.75) is 37.8 Å². The Kier molecular flexibility index (Phi) is 6.01. The first kappa shape index (κ1) is 20.6. The lowest BCUT2D eigenvalue weighted by atomic mass is 10.2. The molecule has 7 nitrogen and oxygen atoms in total. The number of nitrogens with zero attached hydrogens (tertiary/aromatic N) is 2. The average Bonchev–Trinajstić information content (AvgIpc) is 3.09. The zero-order valence-corrected chi connectivity index (χ0v) is 16.9. The van der Waals surface area contributed by atoms with Crippen LogP contribution in [-0.4, -0.2) is 24.8 Å². The van der Waals surface area contributed by atoms with E-state index in [1.807, 2.05) is 31.3 Å². The number of aromatic nitrogens is 1. The van der Waals surface area contributed by atoms with Crippen molar-refractivity contribution in [2.75, 3.05) is 0 Å². The van der Waals surface area contributed by atoms with Gasteiger partial charge in [-0.15, -0.1) is 0 Å². The molecule has 0 spiro atoms. The van der Waals surface area contributed by atoms with Gasteiger partial charge in [-0.1, -0.05) is 13.0 Å². The minimum atomic E-state index is -3.63. The number of carbonyl (C=O) groups is 1. The van der Waals surface area contributed by atoms with Crippen LogP contribution in [0.1, 0.15) is 41.8 Å². The summed E-state index contributed by atoms with van der Waals surface area (Å²) in [5.41, 5.74) is 2.03. The third kappa shape index (κ3) is 4.47. The molecule has 8 heteroatoms. The van der Waals surface area contributed by atoms with Crippen LogP contribution in [0.5, 0.6) is 0 Å². The van der Waals surface area contributed by atoms with Crippen LogP contribution >= 0.6 is 0 Å². The van der Waals surface area contributed by atoms with E-state index in [1.165, 1.54) is 24.3 Å². The first-order chi connectivity index (χ1) is 13.9. The van der Waals surface area contributed by atoms with Crippen molar-refractivity contribution in [3.8, 4) is 6.07 Å². The van der Waals surface area contributed by atoms with Gasteiger partial charge in [-0.2, -0.15) is 5.26 Å². The number of fused-ring (bicyclic) bond motifs is 1. The number of ether oxygens (including phenoxy) is 1. The van der Waals surface area contributed by atoms with Crippen molar-refractivity contribution in [1.82, 2.24) is 9.12 Å². The van der Waals surface area contributed by atoms with Crippen molar-refractivity contribution in [2.24, 2.45) is 0 Å². The lowest BCUT2D eigenvalue weighted by Gasteiger charge is -2.12. The number of esters is 1. The molecule has 29 heavy (non-hydrogen) atoms. The number of carbonyl (C=O) groups excluding carboxylic acids is 1.